The maximum absolute atomic E-state index is 13.5. The van der Waals surface area contributed by atoms with Crippen LogP contribution in [0.4, 0.5) is 5.69 Å². The third-order valence-corrected chi connectivity index (χ3v) is 10.1. The van der Waals surface area contributed by atoms with Gasteiger partial charge in [-0.3, -0.25) is 4.72 Å². The Balaban J connectivity index is 1.22. The standard InChI is InChI=1S/C34H35NO5S/c36-29-23-30(34(21-8-22-34)20-7-11-24-9-3-1-4-10-24)40-33(37)32(29)31(25-14-15-25)26-16-18-27(19-17-26)35-41(38,39)28-12-5-2-6-13-28/h1-6,9-10,12-13,16-19,23,25,31,35-36H,7-8,11,14-15,20-22H2. The number of benzene rings is 3. The van der Waals surface area contributed by atoms with Gasteiger partial charge in [-0.1, -0.05) is 67.1 Å². The number of hydrogen-bond acceptors (Lipinski definition) is 5. The lowest BCUT2D eigenvalue weighted by molar-refractivity contribution is 0.172. The van der Waals surface area contributed by atoms with E-state index in [0.717, 1.165) is 56.9 Å². The van der Waals surface area contributed by atoms with Crippen LogP contribution >= 0.6 is 0 Å². The fourth-order valence-electron chi connectivity index (χ4n) is 6.21. The summed E-state index contributed by atoms with van der Waals surface area (Å²) in [4.78, 5) is 13.7. The Bertz CT molecular complexity index is 1660. The minimum absolute atomic E-state index is 0.00339. The molecule has 0 spiro atoms. The second-order valence-electron chi connectivity index (χ2n) is 11.5. The van der Waals surface area contributed by atoms with Gasteiger partial charge in [-0.05, 0) is 86.3 Å². The topological polar surface area (TPSA) is 96.6 Å². The first-order valence-electron chi connectivity index (χ1n) is 14.4. The zero-order valence-electron chi connectivity index (χ0n) is 23.0. The van der Waals surface area contributed by atoms with Gasteiger partial charge < -0.3 is 9.52 Å². The minimum atomic E-state index is -3.71. The largest absolute Gasteiger partial charge is 0.507 e. The number of anilines is 1. The molecule has 0 saturated heterocycles. The molecule has 4 aromatic rings. The quantitative estimate of drug-likeness (QED) is 0.200. The summed E-state index contributed by atoms with van der Waals surface area (Å²) in [6.07, 6.45) is 7.78. The van der Waals surface area contributed by atoms with E-state index in [9.17, 15) is 18.3 Å². The van der Waals surface area contributed by atoms with Crippen LogP contribution < -0.4 is 10.3 Å². The molecule has 2 N–H and O–H groups in total. The molecule has 6 rings (SSSR count). The van der Waals surface area contributed by atoms with Crippen LogP contribution in [0.15, 0.2) is 105 Å². The van der Waals surface area contributed by atoms with Gasteiger partial charge in [0.2, 0.25) is 0 Å². The van der Waals surface area contributed by atoms with Crippen molar-refractivity contribution in [3.63, 3.8) is 0 Å². The Morgan fingerprint density at radius 3 is 2.17 bits per heavy atom. The van der Waals surface area contributed by atoms with Gasteiger partial charge >= 0.3 is 5.63 Å². The maximum Gasteiger partial charge on any atom is 0.343 e. The highest BCUT2D eigenvalue weighted by atomic mass is 32.2. The van der Waals surface area contributed by atoms with Crippen molar-refractivity contribution in [3.8, 4) is 5.75 Å². The summed E-state index contributed by atoms with van der Waals surface area (Å²) in [6.45, 7) is 0. The van der Waals surface area contributed by atoms with Gasteiger partial charge in [0.15, 0.2) is 0 Å². The zero-order chi connectivity index (χ0) is 28.5. The molecular formula is C34H35NO5S. The van der Waals surface area contributed by atoms with E-state index in [4.69, 9.17) is 4.42 Å². The lowest BCUT2D eigenvalue weighted by Crippen LogP contribution is -2.35. The number of hydrogen-bond donors (Lipinski definition) is 2. The molecule has 1 unspecified atom stereocenters. The zero-order valence-corrected chi connectivity index (χ0v) is 23.8. The summed E-state index contributed by atoms with van der Waals surface area (Å²) in [6, 6.07) is 27.4. The van der Waals surface area contributed by atoms with Gasteiger partial charge in [0, 0.05) is 23.1 Å². The summed E-state index contributed by atoms with van der Waals surface area (Å²) < 4.78 is 34.1. The van der Waals surface area contributed by atoms with E-state index in [1.807, 2.05) is 18.2 Å². The highest BCUT2D eigenvalue weighted by Crippen LogP contribution is 2.51. The Morgan fingerprint density at radius 1 is 0.927 bits per heavy atom. The van der Waals surface area contributed by atoms with E-state index < -0.39 is 15.6 Å². The average molecular weight is 570 g/mol. The smallest absolute Gasteiger partial charge is 0.343 e. The van der Waals surface area contributed by atoms with Crippen molar-refractivity contribution < 1.29 is 17.9 Å². The molecule has 0 radical (unpaired) electrons. The van der Waals surface area contributed by atoms with Crippen LogP contribution in [0.2, 0.25) is 0 Å². The molecule has 3 aromatic carbocycles. The lowest BCUT2D eigenvalue weighted by Gasteiger charge is -2.41. The number of aromatic hydroxyl groups is 1. The fourth-order valence-corrected chi connectivity index (χ4v) is 7.29. The Kier molecular flexibility index (Phi) is 7.47. The van der Waals surface area contributed by atoms with Crippen molar-refractivity contribution in [1.29, 1.82) is 0 Å². The highest BCUT2D eigenvalue weighted by molar-refractivity contribution is 7.92. The van der Waals surface area contributed by atoms with Crippen LogP contribution in [0.5, 0.6) is 5.75 Å². The highest BCUT2D eigenvalue weighted by Gasteiger charge is 2.43. The van der Waals surface area contributed by atoms with E-state index in [1.54, 1.807) is 48.5 Å². The van der Waals surface area contributed by atoms with Crippen LogP contribution in [-0.2, 0) is 21.9 Å². The molecule has 2 saturated carbocycles. The van der Waals surface area contributed by atoms with Gasteiger partial charge in [0.05, 0.1) is 10.5 Å². The average Bonchev–Trinajstić information content (AvgIpc) is 3.79. The maximum atomic E-state index is 13.5. The minimum Gasteiger partial charge on any atom is -0.507 e. The molecule has 2 aliphatic rings. The normalized spacial score (nSPS) is 17.0. The first kappa shape index (κ1) is 27.3. The van der Waals surface area contributed by atoms with Crippen LogP contribution in [0.25, 0.3) is 0 Å². The van der Waals surface area contributed by atoms with Crippen molar-refractivity contribution in [2.45, 2.75) is 67.6 Å². The van der Waals surface area contributed by atoms with Gasteiger partial charge in [-0.2, -0.15) is 0 Å². The molecular weight excluding hydrogens is 534 g/mol. The molecule has 0 bridgehead atoms. The number of aryl methyl sites for hydroxylation is 1. The summed E-state index contributed by atoms with van der Waals surface area (Å²) >= 11 is 0. The summed E-state index contributed by atoms with van der Waals surface area (Å²) in [5.41, 5.74) is 2.21. The summed E-state index contributed by atoms with van der Waals surface area (Å²) in [7, 11) is -3.71. The third kappa shape index (κ3) is 5.82. The molecule has 41 heavy (non-hydrogen) atoms. The molecule has 0 aliphatic heterocycles. The van der Waals surface area contributed by atoms with Crippen molar-refractivity contribution in [2.24, 2.45) is 5.92 Å². The molecule has 1 heterocycles. The predicted octanol–water partition coefficient (Wildman–Crippen LogP) is 7.13. The second-order valence-corrected chi connectivity index (χ2v) is 13.2. The first-order valence-corrected chi connectivity index (χ1v) is 15.9. The summed E-state index contributed by atoms with van der Waals surface area (Å²) in [5, 5.41) is 11.2. The van der Waals surface area contributed by atoms with Gasteiger partial charge in [0.1, 0.15) is 11.5 Å². The number of nitrogens with one attached hydrogen (secondary N) is 1. The molecule has 212 valence electrons. The van der Waals surface area contributed by atoms with Crippen molar-refractivity contribution >= 4 is 15.7 Å². The number of sulfonamides is 1. The van der Waals surface area contributed by atoms with Crippen molar-refractivity contribution in [3.05, 3.63) is 124 Å². The molecule has 1 atom stereocenters. The van der Waals surface area contributed by atoms with Gasteiger partial charge in [0.25, 0.3) is 10.0 Å². The Morgan fingerprint density at radius 2 is 1.59 bits per heavy atom. The van der Waals surface area contributed by atoms with E-state index in [0.29, 0.717) is 17.0 Å². The van der Waals surface area contributed by atoms with Crippen LogP contribution in [0.3, 0.4) is 0 Å². The molecule has 1 aromatic heterocycles. The van der Waals surface area contributed by atoms with Crippen LogP contribution in [-0.4, -0.2) is 13.5 Å². The first-order chi connectivity index (χ1) is 19.8. The molecule has 6 nitrogen and oxygen atoms in total. The fraction of sp³-hybridized carbons (Fsp3) is 0.324. The van der Waals surface area contributed by atoms with Crippen molar-refractivity contribution in [1.82, 2.24) is 0 Å². The SMILES string of the molecule is O=c1oc(C2(CCCc3ccccc3)CCC2)cc(O)c1C(c1ccc(NS(=O)(=O)c2ccccc2)cc1)C1CC1. The van der Waals surface area contributed by atoms with Crippen LogP contribution in [0, 0.1) is 5.92 Å². The third-order valence-electron chi connectivity index (χ3n) is 8.74. The lowest BCUT2D eigenvalue weighted by atomic mass is 9.64. The monoisotopic (exact) mass is 569 g/mol. The predicted molar refractivity (Wildman–Crippen MR) is 160 cm³/mol. The Hall–Kier alpha value is -3.84. The van der Waals surface area contributed by atoms with E-state index in [1.165, 1.54) is 5.56 Å². The van der Waals surface area contributed by atoms with E-state index in [2.05, 4.69) is 29.0 Å². The van der Waals surface area contributed by atoms with Gasteiger partial charge in [-0.15, -0.1) is 0 Å². The summed E-state index contributed by atoms with van der Waals surface area (Å²) in [5.74, 6) is 0.514. The Labute approximate surface area is 241 Å². The van der Waals surface area contributed by atoms with E-state index >= 15 is 0 Å². The van der Waals surface area contributed by atoms with E-state index in [-0.39, 0.29) is 27.9 Å². The molecule has 2 aliphatic carbocycles. The molecule has 7 heteroatoms. The number of rotatable bonds is 11. The van der Waals surface area contributed by atoms with Gasteiger partial charge in [-0.25, -0.2) is 13.2 Å². The van der Waals surface area contributed by atoms with Crippen LogP contribution in [0.1, 0.15) is 73.3 Å². The molecule has 0 amide bonds. The second kappa shape index (κ2) is 11.2. The van der Waals surface area contributed by atoms with Crippen molar-refractivity contribution in [2.75, 3.05) is 4.72 Å². The molecule has 2 fully saturated rings.